The van der Waals surface area contributed by atoms with E-state index < -0.39 is 11.5 Å². The maximum Gasteiger partial charge on any atom is 0.264 e. The van der Waals surface area contributed by atoms with Crippen molar-refractivity contribution in [2.24, 2.45) is 0 Å². The molecule has 2 aromatic carbocycles. The molecule has 0 unspecified atom stereocenters. The average molecular weight is 353 g/mol. The van der Waals surface area contributed by atoms with Crippen LogP contribution in [0.1, 0.15) is 30.9 Å². The largest absolute Gasteiger partial charge is 0.494 e. The predicted octanol–water partition coefficient (Wildman–Crippen LogP) is 2.98. The summed E-state index contributed by atoms with van der Waals surface area (Å²) in [5.41, 5.74) is 0.567. The Hall–Kier alpha value is -2.66. The van der Waals surface area contributed by atoms with Gasteiger partial charge in [-0.25, -0.2) is 0 Å². The first kappa shape index (κ1) is 18.1. The first-order valence-electron chi connectivity index (χ1n) is 8.74. The Balaban J connectivity index is 1.67. The minimum atomic E-state index is -1.76. The SMILES string of the molecule is CC(=O)C[C@]1(O)C(=O)N(CCCOc2ccc(C)cc2)c2ccccc21. The van der Waals surface area contributed by atoms with Gasteiger partial charge >= 0.3 is 0 Å². The first-order chi connectivity index (χ1) is 12.4. The number of rotatable bonds is 7. The van der Waals surface area contributed by atoms with Crippen molar-refractivity contribution in [1.29, 1.82) is 0 Å². The maximum atomic E-state index is 12.8. The first-order valence-corrected chi connectivity index (χ1v) is 8.74. The van der Waals surface area contributed by atoms with E-state index in [0.717, 1.165) is 5.75 Å². The number of fused-ring (bicyclic) bond motifs is 1. The lowest BCUT2D eigenvalue weighted by Crippen LogP contribution is -2.42. The molecule has 1 amide bonds. The normalized spacial score (nSPS) is 18.7. The molecule has 3 rings (SSSR count). The van der Waals surface area contributed by atoms with Gasteiger partial charge in [0.15, 0.2) is 5.60 Å². The monoisotopic (exact) mass is 353 g/mol. The van der Waals surface area contributed by atoms with Crippen LogP contribution in [0.15, 0.2) is 48.5 Å². The highest BCUT2D eigenvalue weighted by Gasteiger charge is 2.49. The smallest absolute Gasteiger partial charge is 0.264 e. The number of amides is 1. The molecule has 1 aliphatic heterocycles. The minimum absolute atomic E-state index is 0.209. The van der Waals surface area contributed by atoms with Crippen molar-refractivity contribution in [3.05, 3.63) is 59.7 Å². The summed E-state index contributed by atoms with van der Waals surface area (Å²) in [5, 5.41) is 10.9. The number of carbonyl (C=O) groups is 2. The quantitative estimate of drug-likeness (QED) is 0.777. The highest BCUT2D eigenvalue weighted by molar-refractivity contribution is 6.08. The van der Waals surface area contributed by atoms with E-state index >= 15 is 0 Å². The predicted molar refractivity (Wildman–Crippen MR) is 99.3 cm³/mol. The number of Topliss-reactive ketones (excluding diaryl/α,β-unsaturated/α-hetero) is 1. The van der Waals surface area contributed by atoms with Crippen molar-refractivity contribution in [2.75, 3.05) is 18.1 Å². The zero-order valence-corrected chi connectivity index (χ0v) is 15.1. The zero-order valence-electron chi connectivity index (χ0n) is 15.1. The van der Waals surface area contributed by atoms with E-state index in [9.17, 15) is 14.7 Å². The number of benzene rings is 2. The summed E-state index contributed by atoms with van der Waals surface area (Å²) in [4.78, 5) is 25.9. The van der Waals surface area contributed by atoms with Crippen LogP contribution < -0.4 is 9.64 Å². The third kappa shape index (κ3) is 3.48. The molecule has 0 saturated heterocycles. The fraction of sp³-hybridized carbons (Fsp3) is 0.333. The molecule has 1 N–H and O–H groups in total. The van der Waals surface area contributed by atoms with Gasteiger partial charge < -0.3 is 14.7 Å². The molecule has 0 radical (unpaired) electrons. The molecule has 2 aromatic rings. The van der Waals surface area contributed by atoms with Crippen LogP contribution in [0.4, 0.5) is 5.69 Å². The van der Waals surface area contributed by atoms with Crippen LogP contribution in [0.3, 0.4) is 0 Å². The second kappa shape index (κ2) is 7.30. The standard InChI is InChI=1S/C21H23NO4/c1-15-8-10-17(11-9-15)26-13-5-12-22-19-7-4-3-6-18(19)21(25,20(22)24)14-16(2)23/h3-4,6-11,25H,5,12-14H2,1-2H3/t21-/m1/s1. The third-order valence-corrected chi connectivity index (χ3v) is 4.56. The van der Waals surface area contributed by atoms with Crippen molar-refractivity contribution in [1.82, 2.24) is 0 Å². The van der Waals surface area contributed by atoms with Crippen LogP contribution in [-0.2, 0) is 15.2 Å². The molecule has 136 valence electrons. The molecule has 0 spiro atoms. The number of aliphatic hydroxyl groups is 1. The van der Waals surface area contributed by atoms with Crippen LogP contribution in [0.2, 0.25) is 0 Å². The molecule has 0 bridgehead atoms. The number of para-hydroxylation sites is 1. The van der Waals surface area contributed by atoms with Gasteiger partial charge in [-0.05, 0) is 38.5 Å². The van der Waals surface area contributed by atoms with Crippen LogP contribution in [0.5, 0.6) is 5.75 Å². The van der Waals surface area contributed by atoms with E-state index in [0.29, 0.717) is 30.8 Å². The van der Waals surface area contributed by atoms with Crippen LogP contribution in [-0.4, -0.2) is 29.9 Å². The van der Waals surface area contributed by atoms with E-state index in [1.807, 2.05) is 37.3 Å². The van der Waals surface area contributed by atoms with Crippen molar-refractivity contribution < 1.29 is 19.4 Å². The molecule has 1 aliphatic rings. The number of ether oxygens (including phenoxy) is 1. The lowest BCUT2D eigenvalue weighted by molar-refractivity contribution is -0.141. The summed E-state index contributed by atoms with van der Waals surface area (Å²) < 4.78 is 5.71. The number of nitrogens with zero attached hydrogens (tertiary/aromatic N) is 1. The fourth-order valence-corrected chi connectivity index (χ4v) is 3.31. The van der Waals surface area contributed by atoms with Crippen molar-refractivity contribution in [3.8, 4) is 5.75 Å². The Kier molecular flexibility index (Phi) is 5.09. The summed E-state index contributed by atoms with van der Waals surface area (Å²) in [6.45, 7) is 4.27. The van der Waals surface area contributed by atoms with Gasteiger partial charge in [0, 0.05) is 18.5 Å². The Morgan fingerprint density at radius 1 is 1.15 bits per heavy atom. The van der Waals surface area contributed by atoms with Crippen molar-refractivity contribution in [3.63, 3.8) is 0 Å². The number of carbonyl (C=O) groups excluding carboxylic acids is 2. The Morgan fingerprint density at radius 2 is 1.85 bits per heavy atom. The van der Waals surface area contributed by atoms with Gasteiger partial charge in [0.25, 0.3) is 5.91 Å². The second-order valence-corrected chi connectivity index (χ2v) is 6.73. The fourth-order valence-electron chi connectivity index (χ4n) is 3.31. The molecule has 0 fully saturated rings. The molecule has 1 atom stereocenters. The molecule has 0 aliphatic carbocycles. The Labute approximate surface area is 153 Å². The average Bonchev–Trinajstić information content (AvgIpc) is 2.81. The highest BCUT2D eigenvalue weighted by atomic mass is 16.5. The van der Waals surface area contributed by atoms with Gasteiger partial charge in [0.1, 0.15) is 11.5 Å². The molecular weight excluding hydrogens is 330 g/mol. The van der Waals surface area contributed by atoms with Gasteiger partial charge in [0.05, 0.1) is 12.3 Å². The summed E-state index contributed by atoms with van der Waals surface area (Å²) in [6.07, 6.45) is 0.406. The van der Waals surface area contributed by atoms with Gasteiger partial charge in [-0.1, -0.05) is 35.9 Å². The lowest BCUT2D eigenvalue weighted by Gasteiger charge is -2.22. The van der Waals surface area contributed by atoms with E-state index in [4.69, 9.17) is 4.74 Å². The van der Waals surface area contributed by atoms with Crippen LogP contribution >= 0.6 is 0 Å². The summed E-state index contributed by atoms with van der Waals surface area (Å²) >= 11 is 0. The Bertz CT molecular complexity index is 815. The molecule has 0 saturated carbocycles. The van der Waals surface area contributed by atoms with Gasteiger partial charge in [-0.3, -0.25) is 9.59 Å². The van der Waals surface area contributed by atoms with Crippen LogP contribution in [0.25, 0.3) is 0 Å². The molecule has 26 heavy (non-hydrogen) atoms. The van der Waals surface area contributed by atoms with E-state index in [1.54, 1.807) is 23.1 Å². The highest BCUT2D eigenvalue weighted by Crippen LogP contribution is 2.42. The second-order valence-electron chi connectivity index (χ2n) is 6.73. The number of anilines is 1. The lowest BCUT2D eigenvalue weighted by atomic mass is 9.90. The number of ketones is 1. The molecule has 5 nitrogen and oxygen atoms in total. The number of hydrogen-bond donors (Lipinski definition) is 1. The van der Waals surface area contributed by atoms with E-state index in [-0.39, 0.29) is 12.2 Å². The van der Waals surface area contributed by atoms with E-state index in [1.165, 1.54) is 12.5 Å². The zero-order chi connectivity index (χ0) is 18.7. The van der Waals surface area contributed by atoms with Gasteiger partial charge in [-0.15, -0.1) is 0 Å². The van der Waals surface area contributed by atoms with Crippen molar-refractivity contribution in [2.45, 2.75) is 32.3 Å². The molecule has 5 heteroatoms. The van der Waals surface area contributed by atoms with E-state index in [2.05, 4.69) is 0 Å². The third-order valence-electron chi connectivity index (χ3n) is 4.56. The molecule has 1 heterocycles. The topological polar surface area (TPSA) is 66.8 Å². The summed E-state index contributed by atoms with van der Waals surface area (Å²) in [5.74, 6) is 0.126. The molecular formula is C21H23NO4. The minimum Gasteiger partial charge on any atom is -0.494 e. The van der Waals surface area contributed by atoms with Crippen molar-refractivity contribution >= 4 is 17.4 Å². The maximum absolute atomic E-state index is 12.8. The summed E-state index contributed by atoms with van der Waals surface area (Å²) in [6, 6.07) is 14.9. The summed E-state index contributed by atoms with van der Waals surface area (Å²) in [7, 11) is 0. The molecule has 0 aromatic heterocycles. The number of aryl methyl sites for hydroxylation is 1. The number of hydrogen-bond acceptors (Lipinski definition) is 4. The van der Waals surface area contributed by atoms with Gasteiger partial charge in [-0.2, -0.15) is 0 Å². The van der Waals surface area contributed by atoms with Gasteiger partial charge in [0.2, 0.25) is 0 Å². The Morgan fingerprint density at radius 3 is 2.54 bits per heavy atom. The van der Waals surface area contributed by atoms with Crippen LogP contribution in [0, 0.1) is 6.92 Å².